The van der Waals surface area contributed by atoms with E-state index in [1.807, 2.05) is 18.5 Å². The van der Waals surface area contributed by atoms with Crippen LogP contribution in [0.15, 0.2) is 61.3 Å². The third-order valence-corrected chi connectivity index (χ3v) is 5.50. The van der Waals surface area contributed by atoms with Crippen LogP contribution >= 0.6 is 0 Å². The molecule has 0 saturated heterocycles. The summed E-state index contributed by atoms with van der Waals surface area (Å²) >= 11 is 0. The van der Waals surface area contributed by atoms with Crippen molar-refractivity contribution in [1.82, 2.24) is 24.9 Å². The molecule has 0 aliphatic rings. The Balaban J connectivity index is 1.97. The van der Waals surface area contributed by atoms with Crippen LogP contribution in [0.1, 0.15) is 55.4 Å². The molecule has 6 nitrogen and oxygen atoms in total. The Morgan fingerprint density at radius 3 is 2.74 bits per heavy atom. The van der Waals surface area contributed by atoms with Crippen LogP contribution in [0.25, 0.3) is 11.3 Å². The minimum absolute atomic E-state index is 0.157. The van der Waals surface area contributed by atoms with Crippen molar-refractivity contribution >= 4 is 11.3 Å². The van der Waals surface area contributed by atoms with Gasteiger partial charge in [-0.1, -0.05) is 45.5 Å². The minimum Gasteiger partial charge on any atom is -0.357 e. The van der Waals surface area contributed by atoms with Crippen LogP contribution in [0.2, 0.25) is 0 Å². The van der Waals surface area contributed by atoms with Gasteiger partial charge in [-0.3, -0.25) is 0 Å². The smallest absolute Gasteiger partial charge is 0.164 e. The van der Waals surface area contributed by atoms with E-state index in [1.54, 1.807) is 21.9 Å². The van der Waals surface area contributed by atoms with Gasteiger partial charge in [-0.15, -0.1) is 0 Å². The summed E-state index contributed by atoms with van der Waals surface area (Å²) in [5, 5.41) is 9.70. The van der Waals surface area contributed by atoms with E-state index < -0.39 is 0 Å². The molecule has 0 radical (unpaired) electrons. The van der Waals surface area contributed by atoms with Crippen LogP contribution in [0, 0.1) is 19.8 Å². The molecule has 164 valence electrons. The molecule has 3 N–H and O–H groups in total. The van der Waals surface area contributed by atoms with Gasteiger partial charge in [0.15, 0.2) is 5.65 Å². The van der Waals surface area contributed by atoms with Crippen molar-refractivity contribution in [2.75, 3.05) is 6.54 Å². The molecule has 0 saturated carbocycles. The van der Waals surface area contributed by atoms with Crippen LogP contribution in [-0.2, 0) is 0 Å². The van der Waals surface area contributed by atoms with Gasteiger partial charge in [0.2, 0.25) is 0 Å². The minimum atomic E-state index is 0.157. The summed E-state index contributed by atoms with van der Waals surface area (Å²) in [6.45, 7) is 15.9. The molecule has 3 aromatic rings. The van der Waals surface area contributed by atoms with Crippen LogP contribution in [0.5, 0.6) is 0 Å². The van der Waals surface area contributed by atoms with E-state index in [-0.39, 0.29) is 5.92 Å². The molecule has 3 rings (SSSR count). The number of benzene rings is 1. The highest BCUT2D eigenvalue weighted by molar-refractivity contribution is 5.74. The second kappa shape index (κ2) is 9.79. The lowest BCUT2D eigenvalue weighted by Gasteiger charge is -2.26. The lowest BCUT2D eigenvalue weighted by Crippen LogP contribution is -2.32. The maximum Gasteiger partial charge on any atom is 0.164 e. The molecule has 0 amide bonds. The number of nitrogens with zero attached hydrogens (tertiary/aromatic N) is 4. The van der Waals surface area contributed by atoms with Gasteiger partial charge in [-0.25, -0.2) is 15.3 Å². The van der Waals surface area contributed by atoms with Gasteiger partial charge in [0.1, 0.15) is 0 Å². The first kappa shape index (κ1) is 22.6. The van der Waals surface area contributed by atoms with E-state index in [4.69, 9.17) is 5.84 Å². The number of hydrogen-bond acceptors (Lipinski definition) is 5. The summed E-state index contributed by atoms with van der Waals surface area (Å²) in [4.78, 5) is 4.46. The molecular weight excluding hydrogens is 384 g/mol. The van der Waals surface area contributed by atoms with E-state index in [1.165, 1.54) is 16.7 Å². The highest BCUT2D eigenvalue weighted by atomic mass is 15.4. The summed E-state index contributed by atoms with van der Waals surface area (Å²) in [6.07, 6.45) is 8.37. The summed E-state index contributed by atoms with van der Waals surface area (Å²) in [6, 6.07) is 8.51. The first-order valence-electron chi connectivity index (χ1n) is 10.8. The average Bonchev–Trinajstić information content (AvgIpc) is 3.14. The van der Waals surface area contributed by atoms with E-state index in [2.05, 4.69) is 74.8 Å². The molecule has 2 heterocycles. The predicted molar refractivity (Wildman–Crippen MR) is 128 cm³/mol. The maximum absolute atomic E-state index is 6.34. The fourth-order valence-electron chi connectivity index (χ4n) is 3.76. The Bertz CT molecular complexity index is 1080. The van der Waals surface area contributed by atoms with Gasteiger partial charge in [-0.05, 0) is 48.9 Å². The molecule has 0 spiro atoms. The Hall–Kier alpha value is -3.12. The van der Waals surface area contributed by atoms with Gasteiger partial charge in [0, 0.05) is 42.5 Å². The number of fused-ring (bicyclic) bond motifs is 1. The van der Waals surface area contributed by atoms with Gasteiger partial charge >= 0.3 is 0 Å². The molecule has 0 fully saturated rings. The highest BCUT2D eigenvalue weighted by Gasteiger charge is 2.19. The van der Waals surface area contributed by atoms with E-state index >= 15 is 0 Å². The van der Waals surface area contributed by atoms with Crippen LogP contribution < -0.4 is 11.2 Å². The summed E-state index contributed by atoms with van der Waals surface area (Å²) in [5.74, 6) is 6.95. The number of nitrogens with two attached hydrogens (primary N) is 1. The summed E-state index contributed by atoms with van der Waals surface area (Å²) in [7, 11) is 0. The third kappa shape index (κ3) is 5.33. The van der Waals surface area contributed by atoms with Crippen molar-refractivity contribution in [2.24, 2.45) is 11.8 Å². The van der Waals surface area contributed by atoms with Gasteiger partial charge < -0.3 is 10.3 Å². The topological polar surface area (TPSA) is 71.5 Å². The normalized spacial score (nSPS) is 12.9. The van der Waals surface area contributed by atoms with Crippen LogP contribution in [0.4, 0.5) is 0 Å². The molecule has 1 aromatic carbocycles. The SMILES string of the molecule is C=C(N/C(=C/N(N)CC(C)C)C(CC)c1ccc(C)c(C)c1)c1cnn2cccnc12. The van der Waals surface area contributed by atoms with Crippen molar-refractivity contribution in [3.8, 4) is 0 Å². The molecule has 0 aliphatic heterocycles. The average molecular weight is 419 g/mol. The number of allylic oxidation sites excluding steroid dienone is 1. The zero-order valence-electron chi connectivity index (χ0n) is 19.3. The molecular formula is C25H34N6. The van der Waals surface area contributed by atoms with Crippen LogP contribution in [-0.4, -0.2) is 26.2 Å². The van der Waals surface area contributed by atoms with Gasteiger partial charge in [0.05, 0.1) is 11.8 Å². The number of aryl methyl sites for hydroxylation is 2. The van der Waals surface area contributed by atoms with E-state index in [0.717, 1.165) is 35.6 Å². The number of hydrogen-bond donors (Lipinski definition) is 2. The molecule has 2 aromatic heterocycles. The van der Waals surface area contributed by atoms with Crippen molar-refractivity contribution in [1.29, 1.82) is 0 Å². The quantitative estimate of drug-likeness (QED) is 0.387. The third-order valence-electron chi connectivity index (χ3n) is 5.50. The van der Waals surface area contributed by atoms with Crippen LogP contribution in [0.3, 0.4) is 0 Å². The monoisotopic (exact) mass is 418 g/mol. The Morgan fingerprint density at radius 2 is 2.06 bits per heavy atom. The second-order valence-electron chi connectivity index (χ2n) is 8.53. The standard InChI is InChI=1S/C25H34N6/c1-7-22(21-10-9-18(4)19(5)13-21)24(16-30(26)15-17(2)3)29-20(6)23-14-28-31-12-8-11-27-25(23)31/h8-14,16-17,22,29H,6-7,15,26H2,1-5H3/b24-16+. The van der Waals surface area contributed by atoms with Crippen molar-refractivity contribution < 1.29 is 0 Å². The van der Waals surface area contributed by atoms with Gasteiger partial charge in [-0.2, -0.15) is 5.10 Å². The summed E-state index contributed by atoms with van der Waals surface area (Å²) in [5.41, 5.74) is 7.23. The van der Waals surface area contributed by atoms with E-state index in [0.29, 0.717) is 5.92 Å². The predicted octanol–water partition coefficient (Wildman–Crippen LogP) is 4.77. The first-order valence-corrected chi connectivity index (χ1v) is 10.8. The molecule has 0 bridgehead atoms. The summed E-state index contributed by atoms with van der Waals surface area (Å²) < 4.78 is 1.75. The lowest BCUT2D eigenvalue weighted by atomic mass is 9.90. The maximum atomic E-state index is 6.34. The number of rotatable bonds is 9. The molecule has 1 atom stereocenters. The zero-order chi connectivity index (χ0) is 22.5. The fourth-order valence-corrected chi connectivity index (χ4v) is 3.76. The molecule has 6 heteroatoms. The van der Waals surface area contributed by atoms with Crippen molar-refractivity contribution in [3.05, 3.63) is 83.6 Å². The highest BCUT2D eigenvalue weighted by Crippen LogP contribution is 2.30. The van der Waals surface area contributed by atoms with E-state index in [9.17, 15) is 0 Å². The zero-order valence-corrected chi connectivity index (χ0v) is 19.3. The molecule has 31 heavy (non-hydrogen) atoms. The molecule has 0 aliphatic carbocycles. The second-order valence-corrected chi connectivity index (χ2v) is 8.53. The Labute approximate surface area is 185 Å². The number of aromatic nitrogens is 3. The van der Waals surface area contributed by atoms with Crippen molar-refractivity contribution in [2.45, 2.75) is 47.0 Å². The first-order chi connectivity index (χ1) is 14.8. The number of nitrogens with one attached hydrogen (secondary N) is 1. The largest absolute Gasteiger partial charge is 0.357 e. The Morgan fingerprint density at radius 1 is 1.29 bits per heavy atom. The molecule has 1 unspecified atom stereocenters. The number of hydrazine groups is 1. The lowest BCUT2D eigenvalue weighted by molar-refractivity contribution is 0.337. The van der Waals surface area contributed by atoms with Gasteiger partial charge in [0.25, 0.3) is 0 Å². The Kier molecular flexibility index (Phi) is 7.13. The van der Waals surface area contributed by atoms with Crippen molar-refractivity contribution in [3.63, 3.8) is 0 Å². The fraction of sp³-hybridized carbons (Fsp3) is 0.360.